The van der Waals surface area contributed by atoms with Crippen LogP contribution >= 0.6 is 0 Å². The van der Waals surface area contributed by atoms with Crippen molar-refractivity contribution in [3.8, 4) is 0 Å². The van der Waals surface area contributed by atoms with Gasteiger partial charge in [0.25, 0.3) is 5.91 Å². The predicted octanol–water partition coefficient (Wildman–Crippen LogP) is 2.81. The number of anilines is 2. The fourth-order valence-electron chi connectivity index (χ4n) is 3.39. The molecule has 0 saturated heterocycles. The van der Waals surface area contributed by atoms with E-state index < -0.39 is 28.3 Å². The van der Waals surface area contributed by atoms with E-state index in [4.69, 9.17) is 0 Å². The maximum absolute atomic E-state index is 13.2. The van der Waals surface area contributed by atoms with E-state index in [9.17, 15) is 19.7 Å². The number of nitrogens with zero attached hydrogens (tertiary/aromatic N) is 4. The molecule has 0 aliphatic heterocycles. The van der Waals surface area contributed by atoms with E-state index in [1.165, 1.54) is 12.3 Å². The third-order valence-electron chi connectivity index (χ3n) is 5.03. The molecule has 0 spiro atoms. The molecule has 0 saturated carbocycles. The van der Waals surface area contributed by atoms with Gasteiger partial charge in [-0.15, -0.1) is 0 Å². The monoisotopic (exact) mass is 484 g/mol. The van der Waals surface area contributed by atoms with Crippen molar-refractivity contribution in [1.82, 2.24) is 25.8 Å². The first-order valence-electron chi connectivity index (χ1n) is 10.7. The zero-order chi connectivity index (χ0) is 25.3. The summed E-state index contributed by atoms with van der Waals surface area (Å²) in [5, 5.41) is 11.8. The Kier molecular flexibility index (Phi) is 7.36. The van der Waals surface area contributed by atoms with Gasteiger partial charge in [0.1, 0.15) is 12.0 Å². The topological polar surface area (TPSA) is 164 Å². The maximum Gasteiger partial charge on any atom is 0.356 e. The predicted molar refractivity (Wildman–Crippen MR) is 131 cm³/mol. The SMILES string of the molecule is O=C(NNc1ncnc(NNC(=O)C(c2ccccc2)c2ccccc2)c1[N+](=O)[O-])c1ccccn1. The number of hydrogen-bond acceptors (Lipinski definition) is 9. The highest BCUT2D eigenvalue weighted by Gasteiger charge is 2.26. The van der Waals surface area contributed by atoms with E-state index in [0.29, 0.717) is 0 Å². The summed E-state index contributed by atoms with van der Waals surface area (Å²) in [6.07, 6.45) is 2.48. The summed E-state index contributed by atoms with van der Waals surface area (Å²) in [7, 11) is 0. The highest BCUT2D eigenvalue weighted by atomic mass is 16.6. The normalized spacial score (nSPS) is 10.4. The van der Waals surface area contributed by atoms with Crippen LogP contribution < -0.4 is 21.7 Å². The van der Waals surface area contributed by atoms with E-state index in [1.807, 2.05) is 60.7 Å². The molecular weight excluding hydrogens is 464 g/mol. The molecule has 0 radical (unpaired) electrons. The Balaban J connectivity index is 1.52. The van der Waals surface area contributed by atoms with Crippen molar-refractivity contribution in [1.29, 1.82) is 0 Å². The third kappa shape index (κ3) is 5.56. The molecule has 2 heterocycles. The molecule has 0 aliphatic carbocycles. The summed E-state index contributed by atoms with van der Waals surface area (Å²) in [6.45, 7) is 0. The van der Waals surface area contributed by atoms with E-state index in [-0.39, 0.29) is 17.3 Å². The zero-order valence-electron chi connectivity index (χ0n) is 18.7. The molecular formula is C24H20N8O4. The lowest BCUT2D eigenvalue weighted by Crippen LogP contribution is -2.35. The molecule has 0 bridgehead atoms. The van der Waals surface area contributed by atoms with Crippen molar-refractivity contribution >= 4 is 29.1 Å². The Hall–Kier alpha value is -5.39. The molecule has 36 heavy (non-hydrogen) atoms. The number of amides is 2. The first-order valence-corrected chi connectivity index (χ1v) is 10.7. The second kappa shape index (κ2) is 11.2. The molecule has 2 amide bonds. The van der Waals surface area contributed by atoms with Gasteiger partial charge in [0.15, 0.2) is 0 Å². The van der Waals surface area contributed by atoms with Crippen LogP contribution in [0.2, 0.25) is 0 Å². The summed E-state index contributed by atoms with van der Waals surface area (Å²) in [4.78, 5) is 48.1. The third-order valence-corrected chi connectivity index (χ3v) is 5.03. The average molecular weight is 484 g/mol. The number of benzene rings is 2. The lowest BCUT2D eigenvalue weighted by atomic mass is 9.91. The van der Waals surface area contributed by atoms with E-state index in [2.05, 4.69) is 36.7 Å². The van der Waals surface area contributed by atoms with Gasteiger partial charge in [0.05, 0.1) is 10.8 Å². The maximum atomic E-state index is 13.2. The average Bonchev–Trinajstić information content (AvgIpc) is 2.92. The van der Waals surface area contributed by atoms with Crippen molar-refractivity contribution in [2.24, 2.45) is 0 Å². The molecule has 4 rings (SSSR count). The molecule has 12 heteroatoms. The lowest BCUT2D eigenvalue weighted by molar-refractivity contribution is -0.383. The van der Waals surface area contributed by atoms with Crippen LogP contribution in [0.3, 0.4) is 0 Å². The number of nitrogens with one attached hydrogen (secondary N) is 4. The van der Waals surface area contributed by atoms with Gasteiger partial charge in [-0.3, -0.25) is 46.4 Å². The van der Waals surface area contributed by atoms with Gasteiger partial charge < -0.3 is 0 Å². The minimum atomic E-state index is -0.740. The van der Waals surface area contributed by atoms with Gasteiger partial charge in [0.2, 0.25) is 17.5 Å². The summed E-state index contributed by atoms with van der Waals surface area (Å²) >= 11 is 0. The lowest BCUT2D eigenvalue weighted by Gasteiger charge is -2.18. The first-order chi connectivity index (χ1) is 17.5. The summed E-state index contributed by atoms with van der Waals surface area (Å²) in [5.41, 5.74) is 10.7. The number of pyridine rings is 1. The molecule has 2 aromatic carbocycles. The first kappa shape index (κ1) is 23.8. The summed E-state index contributed by atoms with van der Waals surface area (Å²) in [6, 6.07) is 23.0. The Morgan fingerprint density at radius 3 is 1.83 bits per heavy atom. The number of hydrogen-bond donors (Lipinski definition) is 4. The Morgan fingerprint density at radius 1 is 0.750 bits per heavy atom. The van der Waals surface area contributed by atoms with E-state index in [1.54, 1.807) is 12.1 Å². The van der Waals surface area contributed by atoms with Gasteiger partial charge in [0, 0.05) is 6.20 Å². The number of carbonyl (C=O) groups is 2. The minimum absolute atomic E-state index is 0.0974. The van der Waals surface area contributed by atoms with Crippen molar-refractivity contribution in [3.05, 3.63) is 118 Å². The molecule has 4 aromatic rings. The fraction of sp³-hybridized carbons (Fsp3) is 0.0417. The second-order valence-electron chi connectivity index (χ2n) is 7.34. The molecule has 0 atom stereocenters. The molecule has 0 fully saturated rings. The highest BCUT2D eigenvalue weighted by Crippen LogP contribution is 2.29. The Labute approximate surface area is 204 Å². The molecule has 0 unspecified atom stereocenters. The van der Waals surface area contributed by atoms with Crippen LogP contribution in [-0.4, -0.2) is 31.7 Å². The summed E-state index contributed by atoms with van der Waals surface area (Å²) < 4.78 is 0. The van der Waals surface area contributed by atoms with Crippen molar-refractivity contribution in [3.63, 3.8) is 0 Å². The molecule has 12 nitrogen and oxygen atoms in total. The molecule has 2 aromatic heterocycles. The van der Waals surface area contributed by atoms with Crippen molar-refractivity contribution < 1.29 is 14.5 Å². The van der Waals surface area contributed by atoms with Crippen LogP contribution in [0.1, 0.15) is 27.5 Å². The van der Waals surface area contributed by atoms with Crippen molar-refractivity contribution in [2.45, 2.75) is 5.92 Å². The number of rotatable bonds is 9. The molecule has 0 aliphatic rings. The van der Waals surface area contributed by atoms with Crippen molar-refractivity contribution in [2.75, 3.05) is 10.9 Å². The van der Waals surface area contributed by atoms with Crippen LogP contribution in [0.25, 0.3) is 0 Å². The van der Waals surface area contributed by atoms with Gasteiger partial charge in [-0.25, -0.2) is 9.97 Å². The van der Waals surface area contributed by atoms with Gasteiger partial charge in [-0.05, 0) is 23.3 Å². The standard InChI is InChI=1S/C24H20N8O4/c33-23(18-13-7-8-14-25-18)30-28-21-20(32(35)36)22(27-15-26-21)29-31-24(34)19(16-9-3-1-4-10-16)17-11-5-2-6-12-17/h1-15,19H,(H,30,33)(H,31,34)(H2,26,27,28,29). The van der Waals surface area contributed by atoms with E-state index in [0.717, 1.165) is 17.5 Å². The summed E-state index contributed by atoms with van der Waals surface area (Å²) in [5.74, 6) is -2.34. The van der Waals surface area contributed by atoms with Crippen LogP contribution in [0.4, 0.5) is 17.3 Å². The number of carbonyl (C=O) groups excluding carboxylic acids is 2. The minimum Gasteiger partial charge on any atom is -0.276 e. The smallest absolute Gasteiger partial charge is 0.276 e. The molecule has 4 N–H and O–H groups in total. The Bertz CT molecular complexity index is 1320. The fourth-order valence-corrected chi connectivity index (χ4v) is 3.39. The zero-order valence-corrected chi connectivity index (χ0v) is 18.7. The van der Waals surface area contributed by atoms with Crippen LogP contribution in [0.15, 0.2) is 91.4 Å². The molecule has 180 valence electrons. The van der Waals surface area contributed by atoms with Crippen LogP contribution in [-0.2, 0) is 4.79 Å². The van der Waals surface area contributed by atoms with Gasteiger partial charge in [-0.2, -0.15) is 0 Å². The van der Waals surface area contributed by atoms with Gasteiger partial charge in [-0.1, -0.05) is 66.7 Å². The number of aromatic nitrogens is 3. The largest absolute Gasteiger partial charge is 0.356 e. The number of nitro groups is 1. The second-order valence-corrected chi connectivity index (χ2v) is 7.34. The van der Waals surface area contributed by atoms with Crippen LogP contribution in [0, 0.1) is 10.1 Å². The van der Waals surface area contributed by atoms with Crippen LogP contribution in [0.5, 0.6) is 0 Å². The Morgan fingerprint density at radius 2 is 1.31 bits per heavy atom. The van der Waals surface area contributed by atoms with E-state index >= 15 is 0 Å². The highest BCUT2D eigenvalue weighted by molar-refractivity contribution is 5.93. The van der Waals surface area contributed by atoms with Gasteiger partial charge >= 0.3 is 5.69 Å². The quantitative estimate of drug-likeness (QED) is 0.206. The number of hydrazine groups is 2.